The number of hydrogen-bond acceptors (Lipinski definition) is 4. The molecule has 0 aromatic heterocycles. The molecule has 4 saturated carbocycles. The van der Waals surface area contributed by atoms with Gasteiger partial charge < -0.3 is 10.6 Å². The van der Waals surface area contributed by atoms with Crippen molar-refractivity contribution in [3.63, 3.8) is 0 Å². The minimum absolute atomic E-state index is 0.00264. The van der Waals surface area contributed by atoms with Crippen molar-refractivity contribution in [1.29, 1.82) is 0 Å². The van der Waals surface area contributed by atoms with Gasteiger partial charge in [-0.1, -0.05) is 29.8 Å². The number of rotatable bonds is 6. The molecule has 2 N–H and O–H groups in total. The zero-order valence-corrected chi connectivity index (χ0v) is 22.1. The van der Waals surface area contributed by atoms with Crippen LogP contribution in [0.25, 0.3) is 0 Å². The summed E-state index contributed by atoms with van der Waals surface area (Å²) >= 11 is 11.8. The first kappa shape index (κ1) is 24.5. The lowest BCUT2D eigenvalue weighted by Crippen LogP contribution is -2.55. The van der Waals surface area contributed by atoms with E-state index in [0.29, 0.717) is 29.1 Å². The van der Waals surface area contributed by atoms with Gasteiger partial charge in [0.05, 0.1) is 16.1 Å². The second-order valence-corrected chi connectivity index (χ2v) is 12.9. The van der Waals surface area contributed by atoms with Crippen LogP contribution in [-0.4, -0.2) is 26.0 Å². The number of carbonyl (C=O) groups is 1. The van der Waals surface area contributed by atoms with E-state index in [1.807, 2.05) is 6.07 Å². The van der Waals surface area contributed by atoms with Gasteiger partial charge in [0.2, 0.25) is 5.91 Å². The highest BCUT2D eigenvalue weighted by atomic mass is 35.5. The van der Waals surface area contributed by atoms with Gasteiger partial charge in [-0.25, -0.2) is 8.42 Å². The Hall–Kier alpha value is -2.16. The molecule has 4 aliphatic carbocycles. The van der Waals surface area contributed by atoms with Crippen molar-refractivity contribution in [1.82, 2.24) is 5.32 Å². The number of para-hydroxylation sites is 1. The number of nitrogens with zero attached hydrogens (tertiary/aromatic N) is 1. The van der Waals surface area contributed by atoms with Gasteiger partial charge in [-0.2, -0.15) is 0 Å². The van der Waals surface area contributed by atoms with Crippen molar-refractivity contribution in [2.45, 2.75) is 50.3 Å². The Labute approximate surface area is 217 Å². The summed E-state index contributed by atoms with van der Waals surface area (Å²) in [7, 11) is -3.92. The first-order chi connectivity index (χ1) is 16.7. The van der Waals surface area contributed by atoms with E-state index in [9.17, 15) is 13.2 Å². The fourth-order valence-electron chi connectivity index (χ4n) is 6.77. The van der Waals surface area contributed by atoms with Gasteiger partial charge >= 0.3 is 0 Å². The summed E-state index contributed by atoms with van der Waals surface area (Å²) in [5.41, 5.74) is 0.697. The molecule has 186 valence electrons. The van der Waals surface area contributed by atoms with Crippen LogP contribution in [0.2, 0.25) is 5.02 Å². The van der Waals surface area contributed by atoms with E-state index in [-0.39, 0.29) is 32.9 Å². The van der Waals surface area contributed by atoms with E-state index in [2.05, 4.69) is 10.6 Å². The maximum absolute atomic E-state index is 13.5. The number of amides is 1. The van der Waals surface area contributed by atoms with Crippen LogP contribution < -0.4 is 14.9 Å². The summed E-state index contributed by atoms with van der Waals surface area (Å²) in [4.78, 5) is 13.3. The van der Waals surface area contributed by atoms with Crippen LogP contribution in [0, 0.1) is 23.2 Å². The van der Waals surface area contributed by atoms with Gasteiger partial charge in [-0.3, -0.25) is 9.10 Å². The summed E-state index contributed by atoms with van der Waals surface area (Å²) in [6.07, 6.45) is 6.62. The van der Waals surface area contributed by atoms with Crippen molar-refractivity contribution < 1.29 is 13.2 Å². The van der Waals surface area contributed by atoms with Gasteiger partial charge in [-0.15, -0.1) is 0 Å². The van der Waals surface area contributed by atoms with E-state index in [0.717, 1.165) is 19.3 Å². The van der Waals surface area contributed by atoms with Crippen LogP contribution in [0.1, 0.15) is 45.4 Å². The molecule has 4 fully saturated rings. The molecule has 1 amide bonds. The molecule has 4 bridgehead atoms. The minimum Gasteiger partial charge on any atom is -0.332 e. The van der Waals surface area contributed by atoms with Crippen molar-refractivity contribution >= 4 is 56.2 Å². The SMILES string of the molecule is CCN(c1ccccc1)S(=O)(=O)c1cc(NC(=S)NC(=O)C23CC4CC(CC(C4)C2)C3)ccc1Cl. The molecule has 6 nitrogen and oxygen atoms in total. The topological polar surface area (TPSA) is 78.5 Å². The van der Waals surface area contributed by atoms with Gasteiger partial charge in [0.25, 0.3) is 10.0 Å². The first-order valence-electron chi connectivity index (χ1n) is 12.2. The Morgan fingerprint density at radius 2 is 1.66 bits per heavy atom. The highest BCUT2D eigenvalue weighted by molar-refractivity contribution is 7.93. The standard InChI is InChI=1S/C26H30ClN3O3S2/c1-2-30(21-6-4-3-5-7-21)35(32,33)23-13-20(8-9-22(23)27)28-25(34)29-24(31)26-14-17-10-18(15-26)12-19(11-17)16-26/h3-9,13,17-19H,2,10-12,14-16H2,1H3,(H2,28,29,31,34). The minimum atomic E-state index is -3.92. The summed E-state index contributed by atoms with van der Waals surface area (Å²) in [6.45, 7) is 2.02. The molecule has 4 aliphatic rings. The second kappa shape index (κ2) is 9.37. The lowest BCUT2D eigenvalue weighted by molar-refractivity contribution is -0.144. The third-order valence-electron chi connectivity index (χ3n) is 7.84. The van der Waals surface area contributed by atoms with Crippen LogP contribution >= 0.6 is 23.8 Å². The Morgan fingerprint density at radius 3 is 2.23 bits per heavy atom. The maximum Gasteiger partial charge on any atom is 0.265 e. The van der Waals surface area contributed by atoms with Gasteiger partial charge in [0, 0.05) is 12.2 Å². The monoisotopic (exact) mass is 531 g/mol. The molecular formula is C26H30ClN3O3S2. The quantitative estimate of drug-likeness (QED) is 0.475. The molecule has 0 spiro atoms. The van der Waals surface area contributed by atoms with Crippen molar-refractivity contribution in [2.24, 2.45) is 23.2 Å². The average molecular weight is 532 g/mol. The Kier molecular flexibility index (Phi) is 6.57. The molecule has 6 rings (SSSR count). The number of thiocarbonyl (C=S) groups is 1. The van der Waals surface area contributed by atoms with Crippen molar-refractivity contribution in [3.05, 3.63) is 53.6 Å². The molecule has 2 aromatic rings. The fraction of sp³-hybridized carbons (Fsp3) is 0.462. The summed E-state index contributed by atoms with van der Waals surface area (Å²) in [5, 5.41) is 6.20. The van der Waals surface area contributed by atoms with Crippen LogP contribution in [0.15, 0.2) is 53.4 Å². The zero-order valence-electron chi connectivity index (χ0n) is 19.7. The fourth-order valence-corrected chi connectivity index (χ4v) is 8.96. The largest absolute Gasteiger partial charge is 0.332 e. The number of benzene rings is 2. The van der Waals surface area contributed by atoms with Crippen LogP contribution in [0.3, 0.4) is 0 Å². The third-order valence-corrected chi connectivity index (χ3v) is 10.4. The van der Waals surface area contributed by atoms with E-state index < -0.39 is 10.0 Å². The van der Waals surface area contributed by atoms with Gasteiger partial charge in [-0.05, 0) is 106 Å². The van der Waals surface area contributed by atoms with E-state index in [1.165, 1.54) is 35.7 Å². The number of halogens is 1. The smallest absolute Gasteiger partial charge is 0.265 e. The van der Waals surface area contributed by atoms with Gasteiger partial charge in [0.15, 0.2) is 5.11 Å². The average Bonchev–Trinajstić information content (AvgIpc) is 2.80. The lowest BCUT2D eigenvalue weighted by Gasteiger charge is -2.55. The predicted molar refractivity (Wildman–Crippen MR) is 143 cm³/mol. The summed E-state index contributed by atoms with van der Waals surface area (Å²) < 4.78 is 28.3. The molecule has 0 unspecified atom stereocenters. The highest BCUT2D eigenvalue weighted by Crippen LogP contribution is 2.60. The Bertz CT molecular complexity index is 1210. The van der Waals surface area contributed by atoms with E-state index >= 15 is 0 Å². The molecule has 35 heavy (non-hydrogen) atoms. The Balaban J connectivity index is 1.32. The third kappa shape index (κ3) is 4.68. The van der Waals surface area contributed by atoms with Crippen LogP contribution in [-0.2, 0) is 14.8 Å². The van der Waals surface area contributed by atoms with Crippen LogP contribution in [0.5, 0.6) is 0 Å². The summed E-state index contributed by atoms with van der Waals surface area (Å²) in [5.74, 6) is 1.97. The molecule has 0 aliphatic heterocycles. The van der Waals surface area contributed by atoms with Crippen molar-refractivity contribution in [2.75, 3.05) is 16.2 Å². The molecular weight excluding hydrogens is 502 g/mol. The maximum atomic E-state index is 13.5. The lowest BCUT2D eigenvalue weighted by atomic mass is 9.49. The number of carbonyl (C=O) groups excluding carboxylic acids is 1. The van der Waals surface area contributed by atoms with E-state index in [1.54, 1.807) is 37.3 Å². The number of nitrogens with one attached hydrogen (secondary N) is 2. The Morgan fingerprint density at radius 1 is 1.06 bits per heavy atom. The number of hydrogen-bond donors (Lipinski definition) is 2. The second-order valence-electron chi connectivity index (χ2n) is 10.3. The highest BCUT2D eigenvalue weighted by Gasteiger charge is 2.54. The van der Waals surface area contributed by atoms with E-state index in [4.69, 9.17) is 23.8 Å². The molecule has 0 radical (unpaired) electrons. The van der Waals surface area contributed by atoms with Crippen LogP contribution in [0.4, 0.5) is 11.4 Å². The number of sulfonamides is 1. The summed E-state index contributed by atoms with van der Waals surface area (Å²) in [6, 6.07) is 13.5. The normalized spacial score (nSPS) is 26.9. The molecule has 2 aromatic carbocycles. The molecule has 0 saturated heterocycles. The predicted octanol–water partition coefficient (Wildman–Crippen LogP) is 5.58. The first-order valence-corrected chi connectivity index (χ1v) is 14.4. The van der Waals surface area contributed by atoms with Crippen molar-refractivity contribution in [3.8, 4) is 0 Å². The number of anilines is 2. The molecule has 9 heteroatoms. The zero-order chi connectivity index (χ0) is 24.8. The van der Waals surface area contributed by atoms with Gasteiger partial charge in [0.1, 0.15) is 4.90 Å². The molecule has 0 heterocycles. The molecule has 0 atom stereocenters.